The third-order valence-corrected chi connectivity index (χ3v) is 3.78. The number of aliphatic hydroxyl groups excluding tert-OH is 1. The number of anilines is 1. The normalized spacial score (nSPS) is 25.8. The van der Waals surface area contributed by atoms with Gasteiger partial charge in [0.2, 0.25) is 5.95 Å². The van der Waals surface area contributed by atoms with Crippen molar-refractivity contribution in [2.75, 3.05) is 11.9 Å². The molecular formula is C13H18N6O. The van der Waals surface area contributed by atoms with Crippen molar-refractivity contribution in [3.8, 4) is 0 Å². The zero-order valence-corrected chi connectivity index (χ0v) is 11.3. The molecule has 7 heteroatoms. The van der Waals surface area contributed by atoms with Gasteiger partial charge in [-0.2, -0.15) is 5.10 Å². The van der Waals surface area contributed by atoms with Gasteiger partial charge in [0.1, 0.15) is 12.2 Å². The number of nitrogens with one attached hydrogen (secondary N) is 2. The Morgan fingerprint density at radius 2 is 2.10 bits per heavy atom. The number of hydrogen-bond donors (Lipinski definition) is 3. The monoisotopic (exact) mass is 274 g/mol. The number of aryl methyl sites for hydroxylation is 1. The van der Waals surface area contributed by atoms with E-state index in [1.165, 1.54) is 6.33 Å². The summed E-state index contributed by atoms with van der Waals surface area (Å²) in [5, 5.41) is 20.1. The predicted molar refractivity (Wildman–Crippen MR) is 73.1 cm³/mol. The number of hydrogen-bond acceptors (Lipinski definition) is 6. The number of aromatic nitrogens is 5. The summed E-state index contributed by atoms with van der Waals surface area (Å²) in [6, 6.07) is 0. The summed E-state index contributed by atoms with van der Waals surface area (Å²) < 4.78 is 0. The van der Waals surface area contributed by atoms with Gasteiger partial charge in [0.15, 0.2) is 0 Å². The summed E-state index contributed by atoms with van der Waals surface area (Å²) in [5.41, 5.74) is 1.03. The highest BCUT2D eigenvalue weighted by atomic mass is 16.3. The second kappa shape index (κ2) is 5.54. The Morgan fingerprint density at radius 3 is 2.80 bits per heavy atom. The molecule has 1 aliphatic carbocycles. The number of H-pyrrole nitrogens is 1. The number of rotatable bonds is 4. The molecule has 1 fully saturated rings. The first-order chi connectivity index (χ1) is 9.72. The smallest absolute Gasteiger partial charge is 0.222 e. The minimum atomic E-state index is -0.331. The topological polar surface area (TPSA) is 99.6 Å². The Balaban J connectivity index is 1.57. The Morgan fingerprint density at radius 1 is 1.30 bits per heavy atom. The van der Waals surface area contributed by atoms with E-state index in [4.69, 9.17) is 0 Å². The van der Waals surface area contributed by atoms with Gasteiger partial charge in [-0.1, -0.05) is 0 Å². The molecule has 106 valence electrons. The van der Waals surface area contributed by atoms with Gasteiger partial charge in [0.25, 0.3) is 0 Å². The average molecular weight is 274 g/mol. The molecule has 20 heavy (non-hydrogen) atoms. The SMILES string of the molecule is Cc1cnc(NC[C@@H]2C[C@@H](c3ncn[nH]3)C[C@@H]2O)nc1. The molecule has 0 radical (unpaired) electrons. The van der Waals surface area contributed by atoms with E-state index in [1.807, 2.05) is 6.92 Å². The molecule has 3 rings (SSSR count). The highest BCUT2D eigenvalue weighted by Gasteiger charge is 2.35. The van der Waals surface area contributed by atoms with Gasteiger partial charge in [-0.25, -0.2) is 15.0 Å². The van der Waals surface area contributed by atoms with Crippen LogP contribution in [0.2, 0.25) is 0 Å². The van der Waals surface area contributed by atoms with Gasteiger partial charge in [0, 0.05) is 30.8 Å². The molecule has 0 aromatic carbocycles. The molecule has 2 aromatic heterocycles. The zero-order valence-electron chi connectivity index (χ0n) is 11.3. The van der Waals surface area contributed by atoms with E-state index in [2.05, 4.69) is 30.5 Å². The molecule has 0 spiro atoms. The maximum Gasteiger partial charge on any atom is 0.222 e. The van der Waals surface area contributed by atoms with E-state index in [9.17, 15) is 5.11 Å². The molecule has 3 atom stereocenters. The van der Waals surface area contributed by atoms with Crippen LogP contribution < -0.4 is 5.32 Å². The lowest BCUT2D eigenvalue weighted by Gasteiger charge is -2.14. The molecule has 1 saturated carbocycles. The van der Waals surface area contributed by atoms with E-state index < -0.39 is 0 Å². The van der Waals surface area contributed by atoms with E-state index >= 15 is 0 Å². The molecule has 7 nitrogen and oxygen atoms in total. The average Bonchev–Trinajstić information content (AvgIpc) is 3.08. The number of aliphatic hydroxyl groups is 1. The fraction of sp³-hybridized carbons (Fsp3) is 0.538. The Kier molecular flexibility index (Phi) is 3.60. The van der Waals surface area contributed by atoms with Gasteiger partial charge >= 0.3 is 0 Å². The standard InChI is InChI=1S/C13H18N6O/c1-8-4-14-13(15-5-8)16-6-10-2-9(3-11(10)20)12-17-7-18-19-12/h4-5,7,9-11,20H,2-3,6H2,1H3,(H,14,15,16)(H,17,18,19)/t9-,10+,11+/m1/s1. The first kappa shape index (κ1) is 13.0. The van der Waals surface area contributed by atoms with Crippen molar-refractivity contribution in [1.29, 1.82) is 0 Å². The van der Waals surface area contributed by atoms with Crippen LogP contribution in [-0.4, -0.2) is 42.9 Å². The first-order valence-electron chi connectivity index (χ1n) is 6.78. The second-order valence-corrected chi connectivity index (χ2v) is 5.33. The van der Waals surface area contributed by atoms with Crippen molar-refractivity contribution in [2.45, 2.75) is 31.8 Å². The molecule has 0 unspecified atom stereocenters. The number of aromatic amines is 1. The predicted octanol–water partition coefficient (Wildman–Crippen LogP) is 0.870. The molecule has 0 bridgehead atoms. The van der Waals surface area contributed by atoms with Crippen molar-refractivity contribution < 1.29 is 5.11 Å². The van der Waals surface area contributed by atoms with Crippen LogP contribution in [0.15, 0.2) is 18.7 Å². The molecule has 3 N–H and O–H groups in total. The summed E-state index contributed by atoms with van der Waals surface area (Å²) in [4.78, 5) is 12.6. The lowest BCUT2D eigenvalue weighted by molar-refractivity contribution is 0.137. The van der Waals surface area contributed by atoms with Gasteiger partial charge in [-0.3, -0.25) is 5.10 Å². The summed E-state index contributed by atoms with van der Waals surface area (Å²) in [5.74, 6) is 1.89. The summed E-state index contributed by atoms with van der Waals surface area (Å²) in [7, 11) is 0. The van der Waals surface area contributed by atoms with E-state index in [0.29, 0.717) is 12.5 Å². The largest absolute Gasteiger partial charge is 0.393 e. The molecule has 2 aromatic rings. The zero-order chi connectivity index (χ0) is 13.9. The Labute approximate surface area is 116 Å². The highest BCUT2D eigenvalue weighted by molar-refractivity contribution is 5.24. The van der Waals surface area contributed by atoms with Crippen LogP contribution in [0.1, 0.15) is 30.1 Å². The number of nitrogens with zero attached hydrogens (tertiary/aromatic N) is 4. The lowest BCUT2D eigenvalue weighted by Crippen LogP contribution is -2.22. The minimum Gasteiger partial charge on any atom is -0.393 e. The van der Waals surface area contributed by atoms with E-state index in [0.717, 1.165) is 24.2 Å². The quantitative estimate of drug-likeness (QED) is 0.765. The van der Waals surface area contributed by atoms with Crippen LogP contribution in [-0.2, 0) is 0 Å². The highest BCUT2D eigenvalue weighted by Crippen LogP contribution is 2.36. The van der Waals surface area contributed by atoms with Crippen LogP contribution in [0.3, 0.4) is 0 Å². The minimum absolute atomic E-state index is 0.176. The van der Waals surface area contributed by atoms with E-state index in [-0.39, 0.29) is 17.9 Å². The molecule has 0 aliphatic heterocycles. The van der Waals surface area contributed by atoms with Crippen molar-refractivity contribution in [3.63, 3.8) is 0 Å². The molecule has 0 saturated heterocycles. The van der Waals surface area contributed by atoms with Crippen LogP contribution in [0.5, 0.6) is 0 Å². The van der Waals surface area contributed by atoms with Gasteiger partial charge < -0.3 is 10.4 Å². The maximum atomic E-state index is 10.1. The molecule has 0 amide bonds. The van der Waals surface area contributed by atoms with Crippen LogP contribution >= 0.6 is 0 Å². The van der Waals surface area contributed by atoms with E-state index in [1.54, 1.807) is 12.4 Å². The van der Waals surface area contributed by atoms with Crippen LogP contribution in [0, 0.1) is 12.8 Å². The first-order valence-corrected chi connectivity index (χ1v) is 6.78. The van der Waals surface area contributed by atoms with Crippen LogP contribution in [0.25, 0.3) is 0 Å². The maximum absolute atomic E-state index is 10.1. The van der Waals surface area contributed by atoms with Crippen molar-refractivity contribution in [1.82, 2.24) is 25.1 Å². The fourth-order valence-corrected chi connectivity index (χ4v) is 2.66. The molecule has 1 aliphatic rings. The lowest BCUT2D eigenvalue weighted by atomic mass is 10.0. The van der Waals surface area contributed by atoms with Gasteiger partial charge in [-0.15, -0.1) is 0 Å². The third kappa shape index (κ3) is 2.77. The van der Waals surface area contributed by atoms with Gasteiger partial charge in [-0.05, 0) is 25.3 Å². The Bertz CT molecular complexity index is 540. The second-order valence-electron chi connectivity index (χ2n) is 5.33. The Hall–Kier alpha value is -2.02. The van der Waals surface area contributed by atoms with Gasteiger partial charge in [0.05, 0.1) is 6.10 Å². The molecular weight excluding hydrogens is 256 g/mol. The molecule has 2 heterocycles. The summed E-state index contributed by atoms with van der Waals surface area (Å²) in [6.07, 6.45) is 6.33. The van der Waals surface area contributed by atoms with Crippen LogP contribution in [0.4, 0.5) is 5.95 Å². The summed E-state index contributed by atoms with van der Waals surface area (Å²) in [6.45, 7) is 2.61. The summed E-state index contributed by atoms with van der Waals surface area (Å²) >= 11 is 0. The van der Waals surface area contributed by atoms with Crippen molar-refractivity contribution in [3.05, 3.63) is 30.1 Å². The van der Waals surface area contributed by atoms with Crippen molar-refractivity contribution in [2.24, 2.45) is 5.92 Å². The van der Waals surface area contributed by atoms with Crippen molar-refractivity contribution >= 4 is 5.95 Å². The third-order valence-electron chi connectivity index (χ3n) is 3.78. The fourth-order valence-electron chi connectivity index (χ4n) is 2.66.